The van der Waals surface area contributed by atoms with E-state index in [0.717, 1.165) is 0 Å². The summed E-state index contributed by atoms with van der Waals surface area (Å²) >= 11 is 5.44. The summed E-state index contributed by atoms with van der Waals surface area (Å²) < 4.78 is 60.5. The Bertz CT molecular complexity index is 1950. The molecule has 10 atom stereocenters. The zero-order valence-corrected chi connectivity index (χ0v) is 25.5. The Morgan fingerprint density at radius 2 is 1.76 bits per heavy atom. The standard InChI is InChI=1S/C22H25BFN9O9P2S/c23-44(37)39-3-10-15(34)8(20(40-10)33-7-29-14-18(33)30-22(26)31-19(14)35)5-43(36,45)38-4-11-16(42-44)12(24)21(41-11)32-6-28-13-9(25)1-2-27-17(13)32/h1-2,6-8,10-12,15-16,20-21,34H,3-5H2,(H2,25,27)(H,36,45)(H3,26,30,31,35)/t8-,10-,11-,12-,15+,16-,20-,21-,43?,44?/m1/s1. The fourth-order valence-corrected chi connectivity index (χ4v) is 8.87. The molecule has 0 saturated carbocycles. The second kappa shape index (κ2) is 11.2. The third-order valence-corrected chi connectivity index (χ3v) is 11.1. The molecule has 3 fully saturated rings. The highest BCUT2D eigenvalue weighted by Crippen LogP contribution is 2.54. The second-order valence-electron chi connectivity index (χ2n) is 10.7. The molecule has 0 spiro atoms. The number of nitrogens with one attached hydrogen (secondary N) is 1. The minimum Gasteiger partial charge on any atom is -0.397 e. The van der Waals surface area contributed by atoms with Crippen LogP contribution in [0.3, 0.4) is 0 Å². The largest absolute Gasteiger partial charge is 0.397 e. The van der Waals surface area contributed by atoms with Crippen LogP contribution in [0.15, 0.2) is 29.7 Å². The third kappa shape index (κ3) is 5.50. The molecule has 23 heteroatoms. The first-order chi connectivity index (χ1) is 21.3. The Morgan fingerprint density at radius 1 is 1.07 bits per heavy atom. The molecule has 3 aliphatic heterocycles. The number of nitrogen functional groups attached to an aromatic ring is 2. The molecule has 7 rings (SSSR count). The summed E-state index contributed by atoms with van der Waals surface area (Å²) in [5, 5.41) is 11.2. The van der Waals surface area contributed by atoms with Crippen molar-refractivity contribution in [2.24, 2.45) is 5.92 Å². The molecule has 0 amide bonds. The van der Waals surface area contributed by atoms with Crippen molar-refractivity contribution in [2.45, 2.75) is 43.0 Å². The minimum absolute atomic E-state index is 0.0339. The lowest BCUT2D eigenvalue weighted by molar-refractivity contribution is -0.0487. The number of aromatic amines is 1. The molecular formula is C22H25BFN9O9P2S. The highest BCUT2D eigenvalue weighted by Gasteiger charge is 2.52. The number of nitrogens with two attached hydrogens (primary N) is 2. The van der Waals surface area contributed by atoms with Gasteiger partial charge in [-0.25, -0.2) is 19.3 Å². The maximum atomic E-state index is 16.0. The van der Waals surface area contributed by atoms with Gasteiger partial charge >= 0.3 is 0 Å². The lowest BCUT2D eigenvalue weighted by Crippen LogP contribution is -2.34. The molecule has 7 N–H and O–H groups in total. The molecule has 0 aliphatic carbocycles. The number of aliphatic hydroxyl groups is 1. The molecule has 238 valence electrons. The van der Waals surface area contributed by atoms with Gasteiger partial charge in [-0.05, 0) is 17.9 Å². The number of ether oxygens (including phenoxy) is 2. The molecule has 18 nitrogen and oxygen atoms in total. The van der Waals surface area contributed by atoms with Gasteiger partial charge in [-0.3, -0.25) is 23.5 Å². The summed E-state index contributed by atoms with van der Waals surface area (Å²) in [6, 6.07) is 1.53. The fraction of sp³-hybridized carbons (Fsp3) is 0.500. The zero-order valence-electron chi connectivity index (χ0n) is 22.9. The SMILES string of the molecule is [B]P1(=O)OC[C@H]2O[C@@H](n3cnc4c(=O)[nH]c(N)nc43)[C@H](CP(O)(=S)OC[C@H]3O[C@@H](n4cnc5c(N)ccnc54)[C@H](F)[C@@H]3O1)[C@@H]2O. The van der Waals surface area contributed by atoms with Crippen LogP contribution in [0.5, 0.6) is 0 Å². The Kier molecular flexibility index (Phi) is 7.63. The summed E-state index contributed by atoms with van der Waals surface area (Å²) in [5.41, 5.74) is 11.9. The smallest absolute Gasteiger partial charge is 0.280 e. The van der Waals surface area contributed by atoms with E-state index >= 15 is 4.39 Å². The number of rotatable bonds is 2. The molecule has 7 heterocycles. The molecule has 4 aromatic rings. The summed E-state index contributed by atoms with van der Waals surface area (Å²) in [6.45, 7) is -4.87. The summed E-state index contributed by atoms with van der Waals surface area (Å²) in [4.78, 5) is 42.6. The first-order valence-corrected chi connectivity index (χ1v) is 17.9. The quantitative estimate of drug-likeness (QED) is 0.136. The van der Waals surface area contributed by atoms with Gasteiger partial charge in [0.05, 0.1) is 37.7 Å². The van der Waals surface area contributed by atoms with Gasteiger partial charge in [-0.2, -0.15) is 4.98 Å². The van der Waals surface area contributed by atoms with Crippen molar-refractivity contribution >= 4 is 67.3 Å². The summed E-state index contributed by atoms with van der Waals surface area (Å²) in [5.74, 6) is -1.18. The first kappa shape index (κ1) is 30.8. The number of hydrogen-bond donors (Lipinski definition) is 5. The van der Waals surface area contributed by atoms with Crippen LogP contribution >= 0.6 is 14.0 Å². The fourth-order valence-electron chi connectivity index (χ4n) is 5.75. The molecule has 2 unspecified atom stereocenters. The van der Waals surface area contributed by atoms with Gasteiger partial charge in [-0.1, -0.05) is 0 Å². The second-order valence-corrected chi connectivity index (χ2v) is 15.9. The topological polar surface area (TPSA) is 250 Å². The number of aliphatic hydroxyl groups excluding tert-OH is 1. The molecular weight excluding hydrogens is 658 g/mol. The minimum atomic E-state index is -4.54. The normalized spacial score (nSPS) is 37.7. The number of imidazole rings is 2. The van der Waals surface area contributed by atoms with Crippen molar-refractivity contribution in [2.75, 3.05) is 30.8 Å². The van der Waals surface area contributed by atoms with Crippen molar-refractivity contribution in [1.29, 1.82) is 0 Å². The van der Waals surface area contributed by atoms with E-state index in [1.54, 1.807) is 0 Å². The van der Waals surface area contributed by atoms with Crippen LogP contribution in [0, 0.1) is 5.92 Å². The van der Waals surface area contributed by atoms with E-state index in [-0.39, 0.29) is 28.9 Å². The maximum absolute atomic E-state index is 16.0. The van der Waals surface area contributed by atoms with Gasteiger partial charge in [0.1, 0.15) is 30.1 Å². The predicted octanol–water partition coefficient (Wildman–Crippen LogP) is -0.151. The zero-order chi connectivity index (χ0) is 31.8. The molecule has 3 aliphatic rings. The van der Waals surface area contributed by atoms with Gasteiger partial charge in [-0.15, -0.1) is 0 Å². The summed E-state index contributed by atoms with van der Waals surface area (Å²) in [6.07, 6.45) is -6.35. The van der Waals surface area contributed by atoms with Gasteiger partial charge in [0.15, 0.2) is 35.7 Å². The van der Waals surface area contributed by atoms with Crippen molar-refractivity contribution in [3.05, 3.63) is 35.3 Å². The van der Waals surface area contributed by atoms with Crippen LogP contribution < -0.4 is 17.0 Å². The van der Waals surface area contributed by atoms with E-state index in [0.29, 0.717) is 11.2 Å². The number of alkyl halides is 1. The van der Waals surface area contributed by atoms with E-state index in [1.165, 1.54) is 34.1 Å². The van der Waals surface area contributed by atoms with E-state index in [1.807, 2.05) is 0 Å². The van der Waals surface area contributed by atoms with E-state index in [9.17, 15) is 19.4 Å². The lowest BCUT2D eigenvalue weighted by atomic mass is 10.0. The molecule has 45 heavy (non-hydrogen) atoms. The van der Waals surface area contributed by atoms with Crippen LogP contribution in [-0.4, -0.2) is 102 Å². The number of hydrogen-bond acceptors (Lipinski definition) is 15. The number of aromatic nitrogens is 7. The number of halogens is 1. The highest BCUT2D eigenvalue weighted by molar-refractivity contribution is 8.09. The Morgan fingerprint density at radius 3 is 2.53 bits per heavy atom. The van der Waals surface area contributed by atoms with E-state index in [2.05, 4.69) is 24.9 Å². The van der Waals surface area contributed by atoms with Crippen LogP contribution in [0.4, 0.5) is 16.0 Å². The summed E-state index contributed by atoms with van der Waals surface area (Å²) in [7, 11) is 1.34. The average molecular weight is 683 g/mol. The van der Waals surface area contributed by atoms with Gasteiger partial charge in [0.25, 0.3) is 13.0 Å². The first-order valence-electron chi connectivity index (χ1n) is 13.4. The molecule has 2 bridgehead atoms. The lowest BCUT2D eigenvalue weighted by Gasteiger charge is -2.27. The molecule has 3 saturated heterocycles. The molecule has 2 radical (unpaired) electrons. The van der Waals surface area contributed by atoms with Crippen molar-refractivity contribution in [3.63, 3.8) is 0 Å². The van der Waals surface area contributed by atoms with Gasteiger partial charge < -0.3 is 44.5 Å². The maximum Gasteiger partial charge on any atom is 0.280 e. The van der Waals surface area contributed by atoms with Gasteiger partial charge in [0.2, 0.25) is 13.5 Å². The molecule has 4 aromatic heterocycles. The third-order valence-electron chi connectivity index (χ3n) is 7.83. The van der Waals surface area contributed by atoms with Crippen LogP contribution in [-0.2, 0) is 39.4 Å². The monoisotopic (exact) mass is 683 g/mol. The number of nitrogens with zero attached hydrogens (tertiary/aromatic N) is 6. The van der Waals surface area contributed by atoms with Crippen molar-refractivity contribution in [1.82, 2.24) is 34.1 Å². The van der Waals surface area contributed by atoms with Crippen LogP contribution in [0.2, 0.25) is 0 Å². The number of anilines is 2. The number of H-pyrrole nitrogens is 1. The van der Waals surface area contributed by atoms with Gasteiger partial charge in [0, 0.05) is 18.3 Å². The molecule has 0 aromatic carbocycles. The van der Waals surface area contributed by atoms with Crippen molar-refractivity contribution in [3.8, 4) is 0 Å². The van der Waals surface area contributed by atoms with Crippen molar-refractivity contribution < 1.29 is 42.0 Å². The highest BCUT2D eigenvalue weighted by atomic mass is 32.5. The number of pyridine rings is 1. The van der Waals surface area contributed by atoms with Crippen LogP contribution in [0.25, 0.3) is 22.3 Å². The Balaban J connectivity index is 1.21. The van der Waals surface area contributed by atoms with E-state index < -0.39 is 81.7 Å². The Labute approximate surface area is 258 Å². The number of fused-ring (bicyclic) bond motifs is 5. The van der Waals surface area contributed by atoms with E-state index in [4.69, 9.17) is 53.9 Å². The predicted molar refractivity (Wildman–Crippen MR) is 158 cm³/mol. The van der Waals surface area contributed by atoms with Crippen LogP contribution in [0.1, 0.15) is 12.5 Å². The average Bonchev–Trinajstić information content (AvgIpc) is 3.72. The Hall–Kier alpha value is -2.84.